The van der Waals surface area contributed by atoms with E-state index in [9.17, 15) is 18.0 Å². The molecule has 1 fully saturated rings. The van der Waals surface area contributed by atoms with Crippen LogP contribution in [0.5, 0.6) is 0 Å². The summed E-state index contributed by atoms with van der Waals surface area (Å²) < 4.78 is 32.3. The summed E-state index contributed by atoms with van der Waals surface area (Å²) >= 11 is 3.82. The number of nitrogens with one attached hydrogen (secondary N) is 1. The number of piperazine rings is 1. The van der Waals surface area contributed by atoms with Gasteiger partial charge in [-0.2, -0.15) is 4.31 Å². The second kappa shape index (κ2) is 6.47. The van der Waals surface area contributed by atoms with Crippen molar-refractivity contribution in [3.05, 3.63) is 37.9 Å². The molecule has 1 amide bonds. The lowest BCUT2D eigenvalue weighted by Crippen LogP contribution is -2.50. The van der Waals surface area contributed by atoms with Crippen LogP contribution in [0, 0.1) is 6.92 Å². The fraction of sp³-hybridized carbons (Fsp3) is 0.385. The molecular formula is C13H14BrN3O5S2. The van der Waals surface area contributed by atoms with Crippen molar-refractivity contribution in [2.45, 2.75) is 11.1 Å². The van der Waals surface area contributed by atoms with Gasteiger partial charge in [-0.05, 0) is 35.0 Å². The number of furan rings is 1. The van der Waals surface area contributed by atoms with Crippen LogP contribution < -0.4 is 4.87 Å². The van der Waals surface area contributed by atoms with Gasteiger partial charge in [-0.25, -0.2) is 8.42 Å². The monoisotopic (exact) mass is 435 g/mol. The SMILES string of the molecule is Cc1[nH]c(=O)sc1S(=O)(=O)N1CCN(C(=O)c2ccc(Br)o2)CC1. The number of carbonyl (C=O) groups is 1. The molecule has 0 radical (unpaired) electrons. The molecule has 0 spiro atoms. The highest BCUT2D eigenvalue weighted by atomic mass is 79.9. The zero-order chi connectivity index (χ0) is 17.5. The minimum absolute atomic E-state index is 0.0299. The Balaban J connectivity index is 1.72. The smallest absolute Gasteiger partial charge is 0.305 e. The summed E-state index contributed by atoms with van der Waals surface area (Å²) in [6.45, 7) is 2.41. The van der Waals surface area contributed by atoms with Gasteiger partial charge in [0.25, 0.3) is 15.9 Å². The van der Waals surface area contributed by atoms with E-state index in [2.05, 4.69) is 20.9 Å². The van der Waals surface area contributed by atoms with Crippen molar-refractivity contribution in [2.24, 2.45) is 0 Å². The van der Waals surface area contributed by atoms with E-state index in [0.29, 0.717) is 21.7 Å². The van der Waals surface area contributed by atoms with E-state index in [4.69, 9.17) is 4.42 Å². The zero-order valence-electron chi connectivity index (χ0n) is 12.6. The first-order valence-corrected chi connectivity index (χ1v) is 10.1. The zero-order valence-corrected chi connectivity index (χ0v) is 15.8. The Morgan fingerprint density at radius 3 is 2.46 bits per heavy atom. The van der Waals surface area contributed by atoms with Crippen LogP contribution in [-0.4, -0.2) is 54.7 Å². The predicted molar refractivity (Wildman–Crippen MR) is 90.7 cm³/mol. The molecule has 11 heteroatoms. The molecule has 3 heterocycles. The first-order chi connectivity index (χ1) is 11.3. The van der Waals surface area contributed by atoms with Crippen molar-refractivity contribution >= 4 is 43.2 Å². The topological polar surface area (TPSA) is 104 Å². The number of thiazole rings is 1. The maximum atomic E-state index is 12.6. The number of H-pyrrole nitrogens is 1. The largest absolute Gasteiger partial charge is 0.444 e. The average Bonchev–Trinajstić information content (AvgIpc) is 3.12. The van der Waals surface area contributed by atoms with Crippen LogP contribution in [0.1, 0.15) is 16.2 Å². The molecular weight excluding hydrogens is 422 g/mol. The normalized spacial score (nSPS) is 16.5. The molecule has 0 unspecified atom stereocenters. The van der Waals surface area contributed by atoms with Crippen LogP contribution in [0.2, 0.25) is 0 Å². The highest BCUT2D eigenvalue weighted by Crippen LogP contribution is 2.23. The lowest BCUT2D eigenvalue weighted by molar-refractivity contribution is 0.0664. The molecule has 130 valence electrons. The second-order valence-electron chi connectivity index (χ2n) is 5.23. The molecule has 2 aromatic heterocycles. The number of hydrogen-bond donors (Lipinski definition) is 1. The molecule has 1 saturated heterocycles. The number of halogens is 1. The fourth-order valence-electron chi connectivity index (χ4n) is 2.47. The van der Waals surface area contributed by atoms with Crippen LogP contribution in [0.25, 0.3) is 0 Å². The third-order valence-electron chi connectivity index (χ3n) is 3.67. The van der Waals surface area contributed by atoms with Crippen molar-refractivity contribution in [2.75, 3.05) is 26.2 Å². The molecule has 0 bridgehead atoms. The summed E-state index contributed by atoms with van der Waals surface area (Å²) in [5.74, 6) is -0.0712. The van der Waals surface area contributed by atoms with E-state index in [0.717, 1.165) is 0 Å². The number of aromatic nitrogens is 1. The molecule has 8 nitrogen and oxygen atoms in total. The summed E-state index contributed by atoms with van der Waals surface area (Å²) in [6.07, 6.45) is 0. The van der Waals surface area contributed by atoms with Crippen molar-refractivity contribution in [1.82, 2.24) is 14.2 Å². The highest BCUT2D eigenvalue weighted by Gasteiger charge is 2.33. The minimum atomic E-state index is -3.73. The molecule has 1 aliphatic rings. The Labute approximate surface area is 150 Å². The second-order valence-corrected chi connectivity index (χ2v) is 9.12. The lowest BCUT2D eigenvalue weighted by Gasteiger charge is -2.33. The summed E-state index contributed by atoms with van der Waals surface area (Å²) in [4.78, 5) is 27.3. The van der Waals surface area contributed by atoms with E-state index in [1.807, 2.05) is 0 Å². The Hall–Kier alpha value is -1.43. The first-order valence-electron chi connectivity index (χ1n) is 7.03. The maximum Gasteiger partial charge on any atom is 0.305 e. The minimum Gasteiger partial charge on any atom is -0.444 e. The highest BCUT2D eigenvalue weighted by molar-refractivity contribution is 9.10. The Morgan fingerprint density at radius 2 is 1.96 bits per heavy atom. The number of aryl methyl sites for hydroxylation is 1. The Bertz CT molecular complexity index is 922. The van der Waals surface area contributed by atoms with Crippen LogP contribution >= 0.6 is 27.3 Å². The molecule has 0 saturated carbocycles. The average molecular weight is 436 g/mol. The summed E-state index contributed by atoms with van der Waals surface area (Å²) in [5.41, 5.74) is 0.337. The summed E-state index contributed by atoms with van der Waals surface area (Å²) in [7, 11) is -3.73. The first kappa shape index (κ1) is 17.4. The molecule has 0 atom stereocenters. The number of aromatic amines is 1. The van der Waals surface area contributed by atoms with Crippen LogP contribution in [0.4, 0.5) is 0 Å². The van der Waals surface area contributed by atoms with Crippen LogP contribution in [0.3, 0.4) is 0 Å². The van der Waals surface area contributed by atoms with Gasteiger partial charge in [0, 0.05) is 31.9 Å². The summed E-state index contributed by atoms with van der Waals surface area (Å²) in [6, 6.07) is 3.20. The van der Waals surface area contributed by atoms with Gasteiger partial charge in [0.1, 0.15) is 0 Å². The number of amides is 1. The van der Waals surface area contributed by atoms with Crippen molar-refractivity contribution in [1.29, 1.82) is 0 Å². The maximum absolute atomic E-state index is 12.6. The van der Waals surface area contributed by atoms with Gasteiger partial charge in [-0.3, -0.25) is 9.59 Å². The van der Waals surface area contributed by atoms with Gasteiger partial charge in [0.05, 0.1) is 0 Å². The van der Waals surface area contributed by atoms with Gasteiger partial charge >= 0.3 is 4.87 Å². The number of nitrogens with zero attached hydrogens (tertiary/aromatic N) is 2. The standard InChI is InChI=1S/C13H14BrN3O5S2/c1-8-12(23-13(19)15-8)24(20,21)17-6-4-16(5-7-17)11(18)9-2-3-10(14)22-9/h2-3H,4-7H2,1H3,(H,15,19). The molecule has 24 heavy (non-hydrogen) atoms. The Morgan fingerprint density at radius 1 is 1.29 bits per heavy atom. The third-order valence-corrected chi connectivity index (χ3v) is 7.57. The number of rotatable bonds is 3. The van der Waals surface area contributed by atoms with Crippen molar-refractivity contribution < 1.29 is 17.6 Å². The number of hydrogen-bond acceptors (Lipinski definition) is 6. The molecule has 1 aliphatic heterocycles. The van der Waals surface area contributed by atoms with Gasteiger partial charge in [0.15, 0.2) is 14.6 Å². The molecule has 2 aromatic rings. The summed E-state index contributed by atoms with van der Waals surface area (Å²) in [5, 5.41) is 0. The van der Waals surface area contributed by atoms with E-state index >= 15 is 0 Å². The molecule has 0 aliphatic carbocycles. The van der Waals surface area contributed by atoms with E-state index in [1.165, 1.54) is 4.31 Å². The Kier molecular flexibility index (Phi) is 4.69. The van der Waals surface area contributed by atoms with Gasteiger partial charge in [-0.15, -0.1) is 0 Å². The van der Waals surface area contributed by atoms with Gasteiger partial charge in [0.2, 0.25) is 0 Å². The molecule has 3 rings (SSSR count). The number of sulfonamides is 1. The van der Waals surface area contributed by atoms with Gasteiger partial charge in [-0.1, -0.05) is 11.3 Å². The van der Waals surface area contributed by atoms with Crippen LogP contribution in [0.15, 0.2) is 30.2 Å². The third kappa shape index (κ3) is 3.21. The molecule has 0 aromatic carbocycles. The fourth-order valence-corrected chi connectivity index (χ4v) is 5.63. The van der Waals surface area contributed by atoms with E-state index in [-0.39, 0.29) is 42.1 Å². The quantitative estimate of drug-likeness (QED) is 0.780. The number of carbonyl (C=O) groups excluding carboxylic acids is 1. The van der Waals surface area contributed by atoms with Crippen molar-refractivity contribution in [3.63, 3.8) is 0 Å². The molecule has 1 N–H and O–H groups in total. The van der Waals surface area contributed by atoms with E-state index < -0.39 is 14.9 Å². The van der Waals surface area contributed by atoms with Gasteiger partial charge < -0.3 is 14.3 Å². The van der Waals surface area contributed by atoms with Crippen LogP contribution in [-0.2, 0) is 10.0 Å². The predicted octanol–water partition coefficient (Wildman–Crippen LogP) is 1.25. The van der Waals surface area contributed by atoms with Crippen molar-refractivity contribution in [3.8, 4) is 0 Å². The lowest BCUT2D eigenvalue weighted by atomic mass is 10.3. The van der Waals surface area contributed by atoms with E-state index in [1.54, 1.807) is 24.0 Å².